The summed E-state index contributed by atoms with van der Waals surface area (Å²) in [5.74, 6) is 0.480. The van der Waals surface area contributed by atoms with Crippen LogP contribution < -0.4 is 0 Å². The monoisotopic (exact) mass is 282 g/mol. The molecule has 0 spiro atoms. The number of aliphatic hydroxyl groups excluding tert-OH is 1. The Balaban J connectivity index is 1.70. The average Bonchev–Trinajstić information content (AvgIpc) is 2.90. The molecule has 1 aromatic heterocycles. The first kappa shape index (κ1) is 13.5. The van der Waals surface area contributed by atoms with Crippen LogP contribution in [-0.2, 0) is 11.3 Å². The van der Waals surface area contributed by atoms with Gasteiger partial charge >= 0.3 is 0 Å². The molecule has 0 bridgehead atoms. The zero-order chi connectivity index (χ0) is 13.5. The second kappa shape index (κ2) is 5.13. The van der Waals surface area contributed by atoms with Crippen molar-refractivity contribution in [3.63, 3.8) is 0 Å². The summed E-state index contributed by atoms with van der Waals surface area (Å²) in [6.45, 7) is 9.00. The predicted octanol–water partition coefficient (Wildman–Crippen LogP) is 1.59. The lowest BCUT2D eigenvalue weighted by atomic mass is 9.75. The Morgan fingerprint density at radius 2 is 2.37 bits per heavy atom. The van der Waals surface area contributed by atoms with Crippen molar-refractivity contribution < 1.29 is 9.84 Å². The molecular weight excluding hydrogens is 260 g/mol. The molecule has 1 aromatic rings. The molecular formula is C14H22N2O2S. The van der Waals surface area contributed by atoms with Gasteiger partial charge in [0, 0.05) is 35.9 Å². The smallest absolute Gasteiger partial charge is 0.107 e. The fourth-order valence-corrected chi connectivity index (χ4v) is 4.31. The number of aryl methyl sites for hydroxylation is 2. The summed E-state index contributed by atoms with van der Waals surface area (Å²) in [4.78, 5) is 8.37. The first-order chi connectivity index (χ1) is 9.13. The second-order valence-corrected chi connectivity index (χ2v) is 7.25. The van der Waals surface area contributed by atoms with Crippen LogP contribution in [0.3, 0.4) is 0 Å². The van der Waals surface area contributed by atoms with Gasteiger partial charge in [-0.1, -0.05) is 0 Å². The van der Waals surface area contributed by atoms with Gasteiger partial charge in [0.05, 0.1) is 25.5 Å². The number of likely N-dealkylation sites (tertiary alicyclic amines) is 1. The van der Waals surface area contributed by atoms with Gasteiger partial charge in [0.2, 0.25) is 0 Å². The first-order valence-corrected chi connectivity index (χ1v) is 7.78. The topological polar surface area (TPSA) is 45.6 Å². The van der Waals surface area contributed by atoms with E-state index in [9.17, 15) is 5.11 Å². The molecule has 2 fully saturated rings. The maximum absolute atomic E-state index is 9.79. The molecule has 1 N–H and O–H groups in total. The Morgan fingerprint density at radius 3 is 3.00 bits per heavy atom. The Morgan fingerprint density at radius 1 is 1.53 bits per heavy atom. The Hall–Kier alpha value is -0.490. The van der Waals surface area contributed by atoms with Crippen LogP contribution in [0.5, 0.6) is 0 Å². The van der Waals surface area contributed by atoms with Gasteiger partial charge in [0.25, 0.3) is 0 Å². The standard InChI is InChI=1S/C14H22N2O2S/c1-10-11(2)19-13(15-10)6-16-5-12-7-18-4-3-14(12,8-16)9-17/h12,17H,3-9H2,1-2H3/t12-,14-/m1/s1. The fraction of sp³-hybridized carbons (Fsp3) is 0.786. The molecule has 0 amide bonds. The molecule has 0 aromatic carbocycles. The highest BCUT2D eigenvalue weighted by Gasteiger charge is 2.47. The highest BCUT2D eigenvalue weighted by molar-refractivity contribution is 7.11. The normalized spacial score (nSPS) is 31.6. The molecule has 0 saturated carbocycles. The van der Waals surface area contributed by atoms with E-state index in [1.165, 1.54) is 9.88 Å². The van der Waals surface area contributed by atoms with Crippen molar-refractivity contribution in [1.82, 2.24) is 9.88 Å². The number of hydrogen-bond donors (Lipinski definition) is 1. The number of fused-ring (bicyclic) bond motifs is 1. The molecule has 2 aliphatic rings. The molecule has 0 radical (unpaired) electrons. The number of aliphatic hydroxyl groups is 1. The van der Waals surface area contributed by atoms with Gasteiger partial charge in [-0.05, 0) is 20.3 Å². The molecule has 2 aliphatic heterocycles. The van der Waals surface area contributed by atoms with Gasteiger partial charge in [-0.15, -0.1) is 11.3 Å². The summed E-state index contributed by atoms with van der Waals surface area (Å²) < 4.78 is 5.58. The summed E-state index contributed by atoms with van der Waals surface area (Å²) in [6.07, 6.45) is 0.987. The summed E-state index contributed by atoms with van der Waals surface area (Å²) in [5, 5.41) is 11.0. The van der Waals surface area contributed by atoms with E-state index in [2.05, 4.69) is 23.7 Å². The lowest BCUT2D eigenvalue weighted by Gasteiger charge is -2.36. The van der Waals surface area contributed by atoms with E-state index in [1.54, 1.807) is 11.3 Å². The molecule has 3 rings (SSSR count). The third kappa shape index (κ3) is 2.44. The minimum Gasteiger partial charge on any atom is -0.396 e. The van der Waals surface area contributed by atoms with Crippen LogP contribution in [0.2, 0.25) is 0 Å². The molecule has 0 aliphatic carbocycles. The second-order valence-electron chi connectivity index (χ2n) is 5.96. The van der Waals surface area contributed by atoms with Crippen molar-refractivity contribution in [1.29, 1.82) is 0 Å². The predicted molar refractivity (Wildman–Crippen MR) is 75.3 cm³/mol. The summed E-state index contributed by atoms with van der Waals surface area (Å²) in [7, 11) is 0. The molecule has 2 atom stereocenters. The number of ether oxygens (including phenoxy) is 1. The van der Waals surface area contributed by atoms with Gasteiger partial charge in [0.1, 0.15) is 5.01 Å². The highest BCUT2D eigenvalue weighted by Crippen LogP contribution is 2.42. The van der Waals surface area contributed by atoms with E-state index < -0.39 is 0 Å². The van der Waals surface area contributed by atoms with E-state index in [4.69, 9.17) is 4.74 Å². The number of hydrogen-bond acceptors (Lipinski definition) is 5. The summed E-state index contributed by atoms with van der Waals surface area (Å²) in [6, 6.07) is 0. The zero-order valence-electron chi connectivity index (χ0n) is 11.7. The number of aromatic nitrogens is 1. The van der Waals surface area contributed by atoms with E-state index >= 15 is 0 Å². The molecule has 2 saturated heterocycles. The Labute approximate surface area is 118 Å². The van der Waals surface area contributed by atoms with Crippen LogP contribution in [-0.4, -0.2) is 47.9 Å². The van der Waals surface area contributed by atoms with Crippen LogP contribution in [0.25, 0.3) is 0 Å². The van der Waals surface area contributed by atoms with Crippen LogP contribution in [0.1, 0.15) is 22.0 Å². The first-order valence-electron chi connectivity index (χ1n) is 6.97. The minimum absolute atomic E-state index is 0.0690. The fourth-order valence-electron chi connectivity index (χ4n) is 3.33. The summed E-state index contributed by atoms with van der Waals surface area (Å²) >= 11 is 1.79. The molecule has 19 heavy (non-hydrogen) atoms. The van der Waals surface area contributed by atoms with Crippen LogP contribution in [0, 0.1) is 25.2 Å². The van der Waals surface area contributed by atoms with Gasteiger partial charge in [-0.25, -0.2) is 4.98 Å². The number of rotatable bonds is 3. The van der Waals surface area contributed by atoms with Gasteiger partial charge in [0.15, 0.2) is 0 Å². The molecule has 0 unspecified atom stereocenters. The minimum atomic E-state index is 0.0690. The van der Waals surface area contributed by atoms with Crippen molar-refractivity contribution in [3.05, 3.63) is 15.6 Å². The lowest BCUT2D eigenvalue weighted by Crippen LogP contribution is -2.41. The quantitative estimate of drug-likeness (QED) is 0.914. The van der Waals surface area contributed by atoms with Gasteiger partial charge in [-0.2, -0.15) is 0 Å². The maximum Gasteiger partial charge on any atom is 0.107 e. The van der Waals surface area contributed by atoms with Crippen LogP contribution in [0.4, 0.5) is 0 Å². The SMILES string of the molecule is Cc1nc(CN2C[C@@H]3COCC[C@]3(CO)C2)sc1C. The van der Waals surface area contributed by atoms with Gasteiger partial charge < -0.3 is 9.84 Å². The summed E-state index contributed by atoms with van der Waals surface area (Å²) in [5.41, 5.74) is 1.22. The third-order valence-corrected chi connectivity index (χ3v) is 5.75. The molecule has 4 nitrogen and oxygen atoms in total. The number of nitrogens with zero attached hydrogens (tertiary/aromatic N) is 2. The Kier molecular flexibility index (Phi) is 3.64. The maximum atomic E-state index is 9.79. The third-order valence-electron chi connectivity index (χ3n) is 4.69. The molecule has 106 valence electrons. The highest BCUT2D eigenvalue weighted by atomic mass is 32.1. The van der Waals surface area contributed by atoms with Crippen molar-refractivity contribution in [3.8, 4) is 0 Å². The van der Waals surface area contributed by atoms with Crippen molar-refractivity contribution in [2.45, 2.75) is 26.8 Å². The van der Waals surface area contributed by atoms with Gasteiger partial charge in [-0.3, -0.25) is 4.90 Å². The largest absolute Gasteiger partial charge is 0.396 e. The lowest BCUT2D eigenvalue weighted by molar-refractivity contribution is -0.0417. The van der Waals surface area contributed by atoms with E-state index in [1.807, 2.05) is 0 Å². The van der Waals surface area contributed by atoms with E-state index in [-0.39, 0.29) is 12.0 Å². The average molecular weight is 282 g/mol. The molecule has 3 heterocycles. The van der Waals surface area contributed by atoms with Crippen molar-refractivity contribution in [2.24, 2.45) is 11.3 Å². The van der Waals surface area contributed by atoms with Crippen LogP contribution >= 0.6 is 11.3 Å². The van der Waals surface area contributed by atoms with E-state index in [0.29, 0.717) is 5.92 Å². The number of thiazole rings is 1. The van der Waals surface area contributed by atoms with Crippen LogP contribution in [0.15, 0.2) is 0 Å². The zero-order valence-corrected chi connectivity index (χ0v) is 12.5. The molecule has 5 heteroatoms. The van der Waals surface area contributed by atoms with E-state index in [0.717, 1.165) is 45.0 Å². The Bertz CT molecular complexity index is 443. The van der Waals surface area contributed by atoms with Crippen molar-refractivity contribution >= 4 is 11.3 Å². The van der Waals surface area contributed by atoms with Crippen molar-refractivity contribution in [2.75, 3.05) is 32.9 Å².